The molecule has 0 radical (unpaired) electrons. The molecule has 2 aromatic rings. The molecule has 2 aromatic carbocycles. The van der Waals surface area contributed by atoms with Crippen molar-refractivity contribution < 1.29 is 19.1 Å². The fourth-order valence-electron chi connectivity index (χ4n) is 2.90. The monoisotopic (exact) mass is 327 g/mol. The average Bonchev–Trinajstić information content (AvgIpc) is 2.97. The van der Waals surface area contributed by atoms with E-state index in [9.17, 15) is 14.0 Å². The van der Waals surface area contributed by atoms with Crippen LogP contribution in [0, 0.1) is 11.7 Å². The fraction of sp³-hybridized carbons (Fsp3) is 0.263. The van der Waals surface area contributed by atoms with Gasteiger partial charge in [0.25, 0.3) is 0 Å². The first-order valence-corrected chi connectivity index (χ1v) is 7.89. The van der Waals surface area contributed by atoms with E-state index in [2.05, 4.69) is 0 Å². The Morgan fingerprint density at radius 2 is 1.58 bits per heavy atom. The number of aliphatic carboxylic acids is 1. The molecule has 1 aliphatic rings. The minimum atomic E-state index is -0.929. The van der Waals surface area contributed by atoms with E-state index in [-0.39, 0.29) is 24.7 Å². The molecule has 4 nitrogen and oxygen atoms in total. The molecule has 24 heavy (non-hydrogen) atoms. The van der Waals surface area contributed by atoms with Gasteiger partial charge in [-0.15, -0.1) is 0 Å². The zero-order chi connectivity index (χ0) is 17.1. The number of benzene rings is 2. The van der Waals surface area contributed by atoms with Crippen molar-refractivity contribution >= 4 is 17.6 Å². The van der Waals surface area contributed by atoms with E-state index in [1.807, 2.05) is 24.3 Å². The third-order valence-corrected chi connectivity index (χ3v) is 4.34. The number of carboxylic acids is 1. The first-order chi connectivity index (χ1) is 11.5. The summed E-state index contributed by atoms with van der Waals surface area (Å²) < 4.78 is 12.9. The number of hydrogen-bond acceptors (Lipinski definition) is 2. The van der Waals surface area contributed by atoms with Gasteiger partial charge in [-0.2, -0.15) is 0 Å². The van der Waals surface area contributed by atoms with Gasteiger partial charge in [-0.3, -0.25) is 9.59 Å². The van der Waals surface area contributed by atoms with Crippen LogP contribution in [0.2, 0.25) is 0 Å². The van der Waals surface area contributed by atoms with Crippen molar-refractivity contribution in [3.8, 4) is 0 Å². The first-order valence-electron chi connectivity index (χ1n) is 7.89. The highest BCUT2D eigenvalue weighted by Crippen LogP contribution is 2.25. The lowest BCUT2D eigenvalue weighted by Crippen LogP contribution is -2.25. The number of carbonyl (C=O) groups is 2. The molecule has 1 saturated heterocycles. The van der Waals surface area contributed by atoms with E-state index in [0.29, 0.717) is 0 Å². The molecular weight excluding hydrogens is 309 g/mol. The third kappa shape index (κ3) is 3.62. The summed E-state index contributed by atoms with van der Waals surface area (Å²) >= 11 is 0. The van der Waals surface area contributed by atoms with Crippen LogP contribution < -0.4 is 4.90 Å². The van der Waals surface area contributed by atoms with Crippen LogP contribution in [0.5, 0.6) is 0 Å². The van der Waals surface area contributed by atoms with Gasteiger partial charge in [0.1, 0.15) is 5.82 Å². The molecule has 1 unspecified atom stereocenters. The lowest BCUT2D eigenvalue weighted by molar-refractivity contribution is -0.141. The Balaban J connectivity index is 1.62. The van der Waals surface area contributed by atoms with Crippen LogP contribution in [-0.4, -0.2) is 23.5 Å². The summed E-state index contributed by atoms with van der Waals surface area (Å²) in [7, 11) is 0. The Labute approximate surface area is 139 Å². The second-order valence-corrected chi connectivity index (χ2v) is 6.04. The van der Waals surface area contributed by atoms with Crippen LogP contribution in [0.15, 0.2) is 48.5 Å². The number of rotatable bonds is 5. The highest BCUT2D eigenvalue weighted by atomic mass is 19.1. The van der Waals surface area contributed by atoms with Crippen molar-refractivity contribution in [3.63, 3.8) is 0 Å². The normalized spacial score (nSPS) is 17.3. The number of carboxylic acid groups (broad SMARTS) is 1. The van der Waals surface area contributed by atoms with E-state index in [0.717, 1.165) is 29.7 Å². The number of anilines is 1. The van der Waals surface area contributed by atoms with Gasteiger partial charge in [0, 0.05) is 18.7 Å². The van der Waals surface area contributed by atoms with Gasteiger partial charge in [-0.25, -0.2) is 4.39 Å². The predicted molar refractivity (Wildman–Crippen MR) is 88.3 cm³/mol. The summed E-state index contributed by atoms with van der Waals surface area (Å²) in [5, 5.41) is 9.03. The summed E-state index contributed by atoms with van der Waals surface area (Å²) in [6.07, 6.45) is 1.68. The Morgan fingerprint density at radius 3 is 2.08 bits per heavy atom. The molecule has 1 N–H and O–H groups in total. The van der Waals surface area contributed by atoms with Gasteiger partial charge in [0.15, 0.2) is 0 Å². The molecule has 0 saturated carbocycles. The second kappa shape index (κ2) is 6.83. The van der Waals surface area contributed by atoms with Crippen molar-refractivity contribution in [1.82, 2.24) is 0 Å². The highest BCUT2D eigenvalue weighted by Gasteiger charge is 2.34. The highest BCUT2D eigenvalue weighted by molar-refractivity contribution is 5.99. The van der Waals surface area contributed by atoms with E-state index in [1.54, 1.807) is 12.1 Å². The molecule has 0 bridgehead atoms. The quantitative estimate of drug-likeness (QED) is 0.918. The first kappa shape index (κ1) is 16.2. The molecule has 1 amide bonds. The number of hydrogen-bond donors (Lipinski definition) is 1. The van der Waals surface area contributed by atoms with Gasteiger partial charge in [0.05, 0.1) is 5.92 Å². The maximum atomic E-state index is 12.9. The predicted octanol–water partition coefficient (Wildman–Crippen LogP) is 3.05. The van der Waals surface area contributed by atoms with Gasteiger partial charge >= 0.3 is 5.97 Å². The van der Waals surface area contributed by atoms with E-state index in [1.165, 1.54) is 17.0 Å². The van der Waals surface area contributed by atoms with E-state index >= 15 is 0 Å². The average molecular weight is 327 g/mol. The van der Waals surface area contributed by atoms with Crippen molar-refractivity contribution in [2.24, 2.45) is 5.92 Å². The lowest BCUT2D eigenvalue weighted by Gasteiger charge is -2.16. The summed E-state index contributed by atoms with van der Waals surface area (Å²) in [6.45, 7) is 0.225. The summed E-state index contributed by atoms with van der Waals surface area (Å²) in [6, 6.07) is 14.1. The van der Waals surface area contributed by atoms with Crippen LogP contribution in [-0.2, 0) is 22.4 Å². The minimum absolute atomic E-state index is 0.0572. The van der Waals surface area contributed by atoms with Gasteiger partial charge < -0.3 is 10.0 Å². The summed E-state index contributed by atoms with van der Waals surface area (Å²) in [5.74, 6) is -1.95. The molecule has 1 aliphatic heterocycles. The standard InChI is InChI=1S/C19H18FNO3/c20-16-7-3-13(4-8-16)1-2-14-5-9-17(10-6-14)21-12-15(19(23)24)11-18(21)22/h3-10,15H,1-2,11-12H2,(H,23,24). The van der Waals surface area contributed by atoms with Crippen LogP contribution in [0.3, 0.4) is 0 Å². The van der Waals surface area contributed by atoms with Crippen molar-refractivity contribution in [2.45, 2.75) is 19.3 Å². The Hall–Kier alpha value is -2.69. The zero-order valence-electron chi connectivity index (χ0n) is 13.1. The maximum absolute atomic E-state index is 12.9. The Kier molecular flexibility index (Phi) is 4.60. The van der Waals surface area contributed by atoms with Crippen LogP contribution >= 0.6 is 0 Å². The largest absolute Gasteiger partial charge is 0.481 e. The molecule has 3 rings (SSSR count). The number of nitrogens with zero attached hydrogens (tertiary/aromatic N) is 1. The second-order valence-electron chi connectivity index (χ2n) is 6.04. The SMILES string of the molecule is O=C(O)C1CC(=O)N(c2ccc(CCc3ccc(F)cc3)cc2)C1. The molecule has 1 fully saturated rings. The van der Waals surface area contributed by atoms with Gasteiger partial charge in [-0.05, 0) is 48.2 Å². The molecule has 1 atom stereocenters. The molecular formula is C19H18FNO3. The number of aryl methyl sites for hydroxylation is 2. The van der Waals surface area contributed by atoms with Crippen LogP contribution in [0.25, 0.3) is 0 Å². The van der Waals surface area contributed by atoms with E-state index < -0.39 is 11.9 Å². The van der Waals surface area contributed by atoms with Crippen molar-refractivity contribution in [3.05, 3.63) is 65.5 Å². The summed E-state index contributed by atoms with van der Waals surface area (Å²) in [5.41, 5.74) is 2.92. The fourth-order valence-corrected chi connectivity index (χ4v) is 2.90. The maximum Gasteiger partial charge on any atom is 0.308 e. The number of halogens is 1. The third-order valence-electron chi connectivity index (χ3n) is 4.34. The lowest BCUT2D eigenvalue weighted by atomic mass is 10.0. The molecule has 1 heterocycles. The number of carbonyl (C=O) groups excluding carboxylic acids is 1. The Morgan fingerprint density at radius 1 is 1.04 bits per heavy atom. The summed E-state index contributed by atoms with van der Waals surface area (Å²) in [4.78, 5) is 24.5. The van der Waals surface area contributed by atoms with E-state index in [4.69, 9.17) is 5.11 Å². The molecule has 0 aliphatic carbocycles. The molecule has 0 spiro atoms. The van der Waals surface area contributed by atoms with Crippen molar-refractivity contribution in [2.75, 3.05) is 11.4 Å². The van der Waals surface area contributed by atoms with Crippen LogP contribution in [0.1, 0.15) is 17.5 Å². The van der Waals surface area contributed by atoms with Crippen LogP contribution in [0.4, 0.5) is 10.1 Å². The topological polar surface area (TPSA) is 57.6 Å². The van der Waals surface area contributed by atoms with Gasteiger partial charge in [0.2, 0.25) is 5.91 Å². The molecule has 124 valence electrons. The van der Waals surface area contributed by atoms with Crippen molar-refractivity contribution in [1.29, 1.82) is 0 Å². The minimum Gasteiger partial charge on any atom is -0.481 e. The Bertz CT molecular complexity index is 740. The zero-order valence-corrected chi connectivity index (χ0v) is 13.1. The number of amides is 1. The molecule has 5 heteroatoms. The molecule has 0 aromatic heterocycles. The van der Waals surface area contributed by atoms with Gasteiger partial charge in [-0.1, -0.05) is 24.3 Å². The smallest absolute Gasteiger partial charge is 0.308 e.